The lowest BCUT2D eigenvalue weighted by molar-refractivity contribution is -0.0817. The Kier molecular flexibility index (Phi) is 5.16. The Morgan fingerprint density at radius 3 is 2.49 bits per heavy atom. The van der Waals surface area contributed by atoms with Crippen molar-refractivity contribution < 1.29 is 17.6 Å². The average molecular weight is 474 g/mol. The molecule has 1 saturated carbocycles. The molecular formula is C27H21F3N4O. The number of fused-ring (bicyclic) bond motifs is 1. The second-order valence-electron chi connectivity index (χ2n) is 8.82. The molecule has 2 aromatic carbocycles. The van der Waals surface area contributed by atoms with E-state index < -0.39 is 12.0 Å². The fourth-order valence-electron chi connectivity index (χ4n) is 4.76. The maximum Gasteiger partial charge on any atom is 0.270 e. The van der Waals surface area contributed by atoms with Crippen LogP contribution in [0.5, 0.6) is 0 Å². The normalized spacial score (nSPS) is 17.6. The van der Waals surface area contributed by atoms with Gasteiger partial charge in [0.1, 0.15) is 29.6 Å². The van der Waals surface area contributed by atoms with Crippen molar-refractivity contribution in [1.29, 1.82) is 0 Å². The van der Waals surface area contributed by atoms with Gasteiger partial charge in [0.25, 0.3) is 5.92 Å². The minimum absolute atomic E-state index is 0.168. The van der Waals surface area contributed by atoms with Gasteiger partial charge in [-0.2, -0.15) is 5.10 Å². The van der Waals surface area contributed by atoms with Crippen LogP contribution in [0.1, 0.15) is 31.7 Å². The zero-order valence-corrected chi connectivity index (χ0v) is 18.7. The van der Waals surface area contributed by atoms with E-state index in [4.69, 9.17) is 4.42 Å². The molecule has 0 bridgehead atoms. The summed E-state index contributed by atoms with van der Waals surface area (Å²) in [6.45, 7) is 0. The Morgan fingerprint density at radius 1 is 0.914 bits per heavy atom. The summed E-state index contributed by atoms with van der Waals surface area (Å²) in [4.78, 5) is 8.77. The zero-order chi connectivity index (χ0) is 24.0. The first-order valence-electron chi connectivity index (χ1n) is 11.5. The van der Waals surface area contributed by atoms with Gasteiger partial charge >= 0.3 is 0 Å². The predicted octanol–water partition coefficient (Wildman–Crippen LogP) is 7.31. The van der Waals surface area contributed by atoms with Crippen LogP contribution in [0.3, 0.4) is 0 Å². The molecule has 0 N–H and O–H groups in total. The number of halogens is 3. The van der Waals surface area contributed by atoms with Crippen molar-refractivity contribution in [3.63, 3.8) is 0 Å². The minimum atomic E-state index is -2.86. The number of hydrogen-bond donors (Lipinski definition) is 0. The third-order valence-corrected chi connectivity index (χ3v) is 6.54. The lowest BCUT2D eigenvalue weighted by atomic mass is 9.92. The number of nitrogens with zero attached hydrogens (tertiary/aromatic N) is 4. The van der Waals surface area contributed by atoms with Gasteiger partial charge < -0.3 is 4.42 Å². The van der Waals surface area contributed by atoms with Crippen LogP contribution < -0.4 is 0 Å². The molecular weight excluding hydrogens is 453 g/mol. The Labute approximate surface area is 199 Å². The van der Waals surface area contributed by atoms with Crippen molar-refractivity contribution in [1.82, 2.24) is 19.7 Å². The smallest absolute Gasteiger partial charge is 0.270 e. The summed E-state index contributed by atoms with van der Waals surface area (Å²) in [6.07, 6.45) is 4.38. The summed E-state index contributed by atoms with van der Waals surface area (Å²) >= 11 is 0. The first kappa shape index (κ1) is 21.6. The predicted molar refractivity (Wildman–Crippen MR) is 126 cm³/mol. The number of furan rings is 1. The lowest BCUT2D eigenvalue weighted by Gasteiger charge is -2.31. The Balaban J connectivity index is 1.54. The molecule has 1 aliphatic carbocycles. The highest BCUT2D eigenvalue weighted by Gasteiger charge is 2.43. The van der Waals surface area contributed by atoms with Crippen molar-refractivity contribution in [3.8, 4) is 33.8 Å². The topological polar surface area (TPSA) is 56.7 Å². The van der Waals surface area contributed by atoms with Crippen molar-refractivity contribution in [2.45, 2.75) is 37.6 Å². The van der Waals surface area contributed by atoms with Crippen molar-refractivity contribution in [3.05, 3.63) is 79.0 Å². The summed E-state index contributed by atoms with van der Waals surface area (Å²) in [5.74, 6) is -2.63. The number of alkyl halides is 2. The summed E-state index contributed by atoms with van der Waals surface area (Å²) < 4.78 is 50.7. The fraction of sp³-hybridized carbons (Fsp3) is 0.222. The average Bonchev–Trinajstić information content (AvgIpc) is 3.50. The molecule has 1 aliphatic rings. The van der Waals surface area contributed by atoms with E-state index in [2.05, 4.69) is 15.1 Å². The molecule has 0 spiro atoms. The van der Waals surface area contributed by atoms with Gasteiger partial charge in [-0.1, -0.05) is 36.8 Å². The second kappa shape index (κ2) is 8.37. The Hall–Kier alpha value is -3.94. The van der Waals surface area contributed by atoms with E-state index in [1.165, 1.54) is 23.1 Å². The van der Waals surface area contributed by atoms with Gasteiger partial charge in [0.05, 0.1) is 11.1 Å². The molecule has 0 aliphatic heterocycles. The van der Waals surface area contributed by atoms with Crippen LogP contribution in [0.4, 0.5) is 13.2 Å². The van der Waals surface area contributed by atoms with Crippen LogP contribution in [0.2, 0.25) is 0 Å². The maximum absolute atomic E-state index is 14.8. The number of benzene rings is 2. The summed E-state index contributed by atoms with van der Waals surface area (Å²) in [5.41, 5.74) is 3.41. The molecule has 1 atom stereocenters. The van der Waals surface area contributed by atoms with Crippen LogP contribution in [0.15, 0.2) is 77.6 Å². The largest absolute Gasteiger partial charge is 0.438 e. The van der Waals surface area contributed by atoms with Gasteiger partial charge in [0.2, 0.25) is 5.71 Å². The van der Waals surface area contributed by atoms with Crippen LogP contribution in [0.25, 0.3) is 44.9 Å². The molecule has 5 aromatic rings. The summed E-state index contributed by atoms with van der Waals surface area (Å²) in [6, 6.07) is 16.2. The van der Waals surface area contributed by atoms with E-state index in [1.54, 1.807) is 18.3 Å². The number of hydrogen-bond acceptors (Lipinski definition) is 4. The summed E-state index contributed by atoms with van der Waals surface area (Å²) in [5, 5.41) is 5.24. The zero-order valence-electron chi connectivity index (χ0n) is 18.7. The molecule has 3 heterocycles. The van der Waals surface area contributed by atoms with Gasteiger partial charge in [-0.3, -0.25) is 4.68 Å². The maximum atomic E-state index is 14.8. The highest BCUT2D eigenvalue weighted by Crippen LogP contribution is 2.44. The fourth-order valence-corrected chi connectivity index (χ4v) is 4.76. The van der Waals surface area contributed by atoms with Gasteiger partial charge in [0, 0.05) is 29.3 Å². The highest BCUT2D eigenvalue weighted by atomic mass is 19.3. The van der Waals surface area contributed by atoms with Crippen molar-refractivity contribution >= 4 is 11.1 Å². The third-order valence-electron chi connectivity index (χ3n) is 6.54. The molecule has 0 saturated heterocycles. The summed E-state index contributed by atoms with van der Waals surface area (Å²) in [7, 11) is 0. The highest BCUT2D eigenvalue weighted by molar-refractivity contribution is 5.95. The van der Waals surface area contributed by atoms with E-state index in [0.717, 1.165) is 5.56 Å². The van der Waals surface area contributed by atoms with Crippen LogP contribution in [0, 0.1) is 5.82 Å². The van der Waals surface area contributed by atoms with E-state index in [0.29, 0.717) is 58.6 Å². The molecule has 0 radical (unpaired) electrons. The molecule has 6 rings (SSSR count). The van der Waals surface area contributed by atoms with E-state index in [-0.39, 0.29) is 12.2 Å². The molecule has 35 heavy (non-hydrogen) atoms. The van der Waals surface area contributed by atoms with Crippen LogP contribution in [-0.4, -0.2) is 25.7 Å². The molecule has 176 valence electrons. The van der Waals surface area contributed by atoms with Crippen molar-refractivity contribution in [2.24, 2.45) is 0 Å². The molecule has 0 unspecified atom stereocenters. The van der Waals surface area contributed by atoms with Gasteiger partial charge in [-0.15, -0.1) is 0 Å². The van der Waals surface area contributed by atoms with Crippen LogP contribution in [-0.2, 0) is 0 Å². The second-order valence-corrected chi connectivity index (χ2v) is 8.82. The quantitative estimate of drug-likeness (QED) is 0.274. The standard InChI is InChI=1S/C27H21F3N4O/c28-19-11-9-18(10-12-19)24-21(15-34(33-24)23-8-4-5-13-27(23,29)30)25-20-14-22(17-6-2-1-3-7-17)35-26(20)32-16-31-25/h1-3,6-7,9-12,14-16,23H,4-5,8,13H2/t23-/m0/s1. The van der Waals surface area contributed by atoms with Gasteiger partial charge in [-0.05, 0) is 43.2 Å². The minimum Gasteiger partial charge on any atom is -0.438 e. The first-order chi connectivity index (χ1) is 17.0. The van der Waals surface area contributed by atoms with E-state index >= 15 is 0 Å². The molecule has 3 aromatic heterocycles. The number of aromatic nitrogens is 4. The van der Waals surface area contributed by atoms with E-state index in [9.17, 15) is 13.2 Å². The lowest BCUT2D eigenvalue weighted by Crippen LogP contribution is -2.34. The SMILES string of the molecule is Fc1ccc(-c2nn([C@H]3CCCCC3(F)F)cc2-c2ncnc3oc(-c4ccccc4)cc23)cc1. The molecule has 5 nitrogen and oxygen atoms in total. The molecule has 0 amide bonds. The van der Waals surface area contributed by atoms with Crippen molar-refractivity contribution in [2.75, 3.05) is 0 Å². The Morgan fingerprint density at radius 2 is 1.71 bits per heavy atom. The van der Waals surface area contributed by atoms with Gasteiger partial charge in [0.15, 0.2) is 0 Å². The van der Waals surface area contributed by atoms with Gasteiger partial charge in [-0.25, -0.2) is 23.1 Å². The first-order valence-corrected chi connectivity index (χ1v) is 11.5. The third kappa shape index (κ3) is 3.88. The van der Waals surface area contributed by atoms with Crippen LogP contribution >= 0.6 is 0 Å². The molecule has 8 heteroatoms. The van der Waals surface area contributed by atoms with E-state index in [1.807, 2.05) is 36.4 Å². The monoisotopic (exact) mass is 474 g/mol. The molecule has 1 fully saturated rings. The Bertz CT molecular complexity index is 1490. The number of rotatable bonds is 4.